The second-order valence-corrected chi connectivity index (χ2v) is 22.2. The Balaban J connectivity index is 0.000000196. The number of esters is 12. The molecule has 13 atom stereocenters. The fourth-order valence-electron chi connectivity index (χ4n) is 12.0. The minimum absolute atomic E-state index is 0.0288. The molecule has 9 aliphatic rings. The number of carbonyl (C=O) groups is 12. The number of hydrogen-bond donors (Lipinski definition) is 0. The normalized spacial score (nSPS) is 29.9. The monoisotopic (exact) mass is 1140 g/mol. The van der Waals surface area contributed by atoms with Crippen molar-refractivity contribution in [3.05, 3.63) is 36.5 Å². The molecule has 4 aliphatic heterocycles. The number of cyclic esters (lactones) is 2. The predicted molar refractivity (Wildman–Crippen MR) is 272 cm³/mol. The highest BCUT2D eigenvalue weighted by Crippen LogP contribution is 2.57. The SMILES string of the molecule is C=C(C)C(=O)OCCOC(=O)CCC(=O)OC1(C)CC2CCC1(C)OC2=O.C=C(C)C(=O)OCCOC(=O)CCC(=O)OC1CC2CC1C1C(=O)OCC21.C=C(C)C(=O)OCCOC(=O)CCC(=O)OC1CC2CC1C1COC(=O)C21. The van der Waals surface area contributed by atoms with Crippen molar-refractivity contribution in [1.29, 1.82) is 0 Å². The lowest BCUT2D eigenvalue weighted by atomic mass is 9.66. The summed E-state index contributed by atoms with van der Waals surface area (Å²) in [4.78, 5) is 140. The van der Waals surface area contributed by atoms with Crippen molar-refractivity contribution in [2.45, 2.75) is 141 Å². The van der Waals surface area contributed by atoms with Gasteiger partial charge in [0.15, 0.2) is 0 Å². The van der Waals surface area contributed by atoms with Gasteiger partial charge in [-0.3, -0.25) is 43.2 Å². The van der Waals surface area contributed by atoms with Crippen LogP contribution in [0.5, 0.6) is 0 Å². The van der Waals surface area contributed by atoms with E-state index >= 15 is 0 Å². The smallest absolute Gasteiger partial charge is 0.333 e. The third kappa shape index (κ3) is 16.5. The Hall–Kier alpha value is -7.14. The summed E-state index contributed by atoms with van der Waals surface area (Å²) in [7, 11) is 0. The molecule has 0 amide bonds. The average Bonchev–Trinajstić information content (AvgIpc) is 4.48. The van der Waals surface area contributed by atoms with Gasteiger partial charge in [-0.25, -0.2) is 14.4 Å². The van der Waals surface area contributed by atoms with Gasteiger partial charge in [-0.2, -0.15) is 0 Å². The van der Waals surface area contributed by atoms with E-state index in [4.69, 9.17) is 56.8 Å². The number of ether oxygens (including phenoxy) is 12. The predicted octanol–water partition coefficient (Wildman–Crippen LogP) is 4.19. The van der Waals surface area contributed by atoms with Gasteiger partial charge in [0.1, 0.15) is 63.1 Å². The Bertz CT molecular complexity index is 2490. The topological polar surface area (TPSA) is 316 Å². The first-order chi connectivity index (χ1) is 38.3. The molecule has 24 heteroatoms. The zero-order valence-electron chi connectivity index (χ0n) is 46.6. The molecule has 0 aromatic heterocycles. The van der Waals surface area contributed by atoms with Gasteiger partial charge in [0, 0.05) is 46.8 Å². The minimum atomic E-state index is -0.901. The Morgan fingerprint density at radius 1 is 0.481 bits per heavy atom. The number of rotatable bonds is 24. The summed E-state index contributed by atoms with van der Waals surface area (Å²) >= 11 is 0. The summed E-state index contributed by atoms with van der Waals surface area (Å²) in [6, 6.07) is 0. The first kappa shape index (κ1) is 63.0. The summed E-state index contributed by atoms with van der Waals surface area (Å²) in [6.07, 6.45) is 3.90. The molecular formula is C57H74O24. The summed E-state index contributed by atoms with van der Waals surface area (Å²) in [5, 5.41) is 0. The van der Waals surface area contributed by atoms with Gasteiger partial charge in [0.2, 0.25) is 0 Å². The second kappa shape index (κ2) is 28.0. The fourth-order valence-corrected chi connectivity index (χ4v) is 12.0. The van der Waals surface area contributed by atoms with E-state index in [1.807, 2.05) is 0 Å². The van der Waals surface area contributed by atoms with Gasteiger partial charge >= 0.3 is 71.6 Å². The van der Waals surface area contributed by atoms with Gasteiger partial charge in [0.05, 0.1) is 69.5 Å². The van der Waals surface area contributed by atoms with Crippen molar-refractivity contribution in [2.75, 3.05) is 52.9 Å². The van der Waals surface area contributed by atoms with Crippen LogP contribution in [-0.4, -0.2) is 148 Å². The molecule has 0 aromatic rings. The van der Waals surface area contributed by atoms with E-state index in [1.165, 1.54) is 20.8 Å². The van der Waals surface area contributed by atoms with E-state index in [2.05, 4.69) is 19.7 Å². The van der Waals surface area contributed by atoms with E-state index in [-0.39, 0.29) is 172 Å². The first-order valence-corrected chi connectivity index (χ1v) is 27.4. The van der Waals surface area contributed by atoms with Gasteiger partial charge in [-0.1, -0.05) is 19.7 Å². The fraction of sp³-hybridized carbons (Fsp3) is 0.684. The van der Waals surface area contributed by atoms with Crippen LogP contribution in [0.15, 0.2) is 36.5 Å². The van der Waals surface area contributed by atoms with Crippen LogP contribution in [-0.2, 0) is 114 Å². The number of carbonyl (C=O) groups excluding carboxylic acids is 12. The largest absolute Gasteiger partial charge is 0.465 e. The molecule has 81 heavy (non-hydrogen) atoms. The number of fused-ring (bicyclic) bond motifs is 13. The zero-order valence-corrected chi connectivity index (χ0v) is 46.6. The van der Waals surface area contributed by atoms with Gasteiger partial charge in [-0.15, -0.1) is 0 Å². The van der Waals surface area contributed by atoms with Crippen molar-refractivity contribution in [2.24, 2.45) is 53.3 Å². The van der Waals surface area contributed by atoms with Crippen LogP contribution in [0, 0.1) is 53.3 Å². The molecule has 6 bridgehead atoms. The molecule has 9 fully saturated rings. The van der Waals surface area contributed by atoms with Crippen LogP contribution in [0.1, 0.15) is 118 Å². The molecule has 5 aliphatic carbocycles. The third-order valence-electron chi connectivity index (χ3n) is 16.3. The Kier molecular flexibility index (Phi) is 21.8. The highest BCUT2D eigenvalue weighted by atomic mass is 16.6. The molecule has 24 nitrogen and oxygen atoms in total. The number of hydrogen-bond acceptors (Lipinski definition) is 24. The molecule has 446 valence electrons. The van der Waals surface area contributed by atoms with Crippen LogP contribution >= 0.6 is 0 Å². The summed E-state index contributed by atoms with van der Waals surface area (Å²) in [6.45, 7) is 18.8. The molecule has 13 unspecified atom stereocenters. The molecule has 4 heterocycles. The van der Waals surface area contributed by atoms with Crippen molar-refractivity contribution >= 4 is 71.6 Å². The van der Waals surface area contributed by atoms with Crippen LogP contribution in [0.3, 0.4) is 0 Å². The third-order valence-corrected chi connectivity index (χ3v) is 16.3. The second-order valence-electron chi connectivity index (χ2n) is 22.2. The maximum Gasteiger partial charge on any atom is 0.333 e. The molecule has 0 spiro atoms. The van der Waals surface area contributed by atoms with Crippen LogP contribution in [0.4, 0.5) is 0 Å². The Labute approximate surface area is 468 Å². The summed E-state index contributed by atoms with van der Waals surface area (Å²) in [5.74, 6) is -4.55. The highest BCUT2D eigenvalue weighted by molar-refractivity contribution is 5.88. The van der Waals surface area contributed by atoms with Crippen molar-refractivity contribution in [3.63, 3.8) is 0 Å². The first-order valence-electron chi connectivity index (χ1n) is 27.4. The molecule has 9 rings (SSSR count). The standard InChI is InChI=1S/2C19H24O8.C19H26O8/c1-10(2)18(22)25-6-5-24-15(20)3-4-16(21)27-14-8-11-7-12(14)13-9-26-19(23)17(11)13;1-10(2)18(22)25-6-5-24-15(20)3-4-16(21)27-14-8-11-7-12(14)17-13(11)9-26-19(17)23;1-12(2)16(22)25-10-9-24-14(20)5-6-15(21)26-19(4)11-13-7-8-18(19,3)27-17(13)23/h2*11-14,17H,1,3-9H2,2H3;13H,1,5-11H2,2-4H3. The molecular weight excluding hydrogens is 1070 g/mol. The van der Waals surface area contributed by atoms with E-state index in [0.717, 1.165) is 25.7 Å². The van der Waals surface area contributed by atoms with Crippen molar-refractivity contribution in [3.8, 4) is 0 Å². The van der Waals surface area contributed by atoms with Gasteiger partial charge in [0.25, 0.3) is 0 Å². The quantitative estimate of drug-likeness (QED) is 0.0566. The van der Waals surface area contributed by atoms with E-state index in [9.17, 15) is 57.5 Å². The summed E-state index contributed by atoms with van der Waals surface area (Å²) < 4.78 is 61.4. The van der Waals surface area contributed by atoms with Crippen LogP contribution in [0.25, 0.3) is 0 Å². The molecule has 5 saturated carbocycles. The van der Waals surface area contributed by atoms with E-state index < -0.39 is 64.9 Å². The maximum absolute atomic E-state index is 12.2. The Morgan fingerprint density at radius 3 is 1.36 bits per heavy atom. The highest BCUT2D eigenvalue weighted by Gasteiger charge is 2.62. The zero-order chi connectivity index (χ0) is 59.3. The van der Waals surface area contributed by atoms with Crippen molar-refractivity contribution < 1.29 is 114 Å². The molecule has 0 radical (unpaired) electrons. The maximum atomic E-state index is 12.2. The molecule has 0 aromatic carbocycles. The Morgan fingerprint density at radius 2 is 0.889 bits per heavy atom. The van der Waals surface area contributed by atoms with E-state index in [1.54, 1.807) is 13.8 Å². The van der Waals surface area contributed by atoms with Crippen molar-refractivity contribution in [1.82, 2.24) is 0 Å². The summed E-state index contributed by atoms with van der Waals surface area (Å²) in [5.41, 5.74) is -0.955. The van der Waals surface area contributed by atoms with Gasteiger partial charge < -0.3 is 56.8 Å². The lowest BCUT2D eigenvalue weighted by molar-refractivity contribution is -0.247. The molecule has 0 N–H and O–H groups in total. The lowest BCUT2D eigenvalue weighted by Gasteiger charge is -2.54. The average molecular weight is 1140 g/mol. The van der Waals surface area contributed by atoms with Crippen LogP contribution < -0.4 is 0 Å². The van der Waals surface area contributed by atoms with Gasteiger partial charge in [-0.05, 0) is 85.0 Å². The minimum Gasteiger partial charge on any atom is -0.465 e. The van der Waals surface area contributed by atoms with E-state index in [0.29, 0.717) is 38.4 Å². The van der Waals surface area contributed by atoms with Crippen LogP contribution in [0.2, 0.25) is 0 Å². The molecule has 4 saturated heterocycles. The lowest BCUT2D eigenvalue weighted by Crippen LogP contribution is -2.64.